The molecule has 5 nitrogen and oxygen atoms in total. The lowest BCUT2D eigenvalue weighted by molar-refractivity contribution is -0.141. The first kappa shape index (κ1) is 17.2. The molecule has 1 aliphatic rings. The second kappa shape index (κ2) is 7.40. The number of imide groups is 2. The number of barbiturate groups is 1. The molecule has 2 N–H and O–H groups in total. The van der Waals surface area contributed by atoms with Gasteiger partial charge in [0.25, 0.3) is 0 Å². The second-order valence-corrected chi connectivity index (χ2v) is 6.01. The molecule has 1 aromatic carbocycles. The van der Waals surface area contributed by atoms with E-state index in [0.29, 0.717) is 12.0 Å². The number of hydrogen-bond donors (Lipinski definition) is 2. The van der Waals surface area contributed by atoms with Gasteiger partial charge in [0, 0.05) is 0 Å². The van der Waals surface area contributed by atoms with Crippen LogP contribution in [0.4, 0.5) is 4.79 Å². The molecule has 1 saturated heterocycles. The van der Waals surface area contributed by atoms with Crippen molar-refractivity contribution in [2.75, 3.05) is 0 Å². The Kier molecular flexibility index (Phi) is 5.53. The average molecular weight is 316 g/mol. The highest BCUT2D eigenvalue weighted by atomic mass is 16.2. The molecule has 1 atom stereocenters. The molecule has 1 heterocycles. The van der Waals surface area contributed by atoms with Crippen molar-refractivity contribution in [2.45, 2.75) is 51.4 Å². The Morgan fingerprint density at radius 2 is 1.57 bits per heavy atom. The summed E-state index contributed by atoms with van der Waals surface area (Å²) in [6, 6.07) is 8.31. The van der Waals surface area contributed by atoms with E-state index in [1.165, 1.54) is 0 Å². The molecule has 0 spiro atoms. The minimum Gasteiger partial charge on any atom is -0.277 e. The Hall–Kier alpha value is -2.17. The first-order valence-corrected chi connectivity index (χ1v) is 8.29. The van der Waals surface area contributed by atoms with Gasteiger partial charge >= 0.3 is 6.03 Å². The van der Waals surface area contributed by atoms with Gasteiger partial charge in [0.15, 0.2) is 5.41 Å². The van der Waals surface area contributed by atoms with Crippen molar-refractivity contribution < 1.29 is 14.4 Å². The van der Waals surface area contributed by atoms with Crippen LogP contribution in [0.1, 0.15) is 51.5 Å². The second-order valence-electron chi connectivity index (χ2n) is 6.01. The number of nitrogens with one attached hydrogen (secondary N) is 2. The Bertz CT molecular complexity index is 563. The van der Waals surface area contributed by atoms with Gasteiger partial charge in [-0.2, -0.15) is 0 Å². The zero-order valence-electron chi connectivity index (χ0n) is 13.7. The molecule has 5 heteroatoms. The maximum Gasteiger partial charge on any atom is 0.328 e. The van der Waals surface area contributed by atoms with E-state index >= 15 is 0 Å². The number of carbonyl (C=O) groups is 3. The summed E-state index contributed by atoms with van der Waals surface area (Å²) in [4.78, 5) is 37.1. The summed E-state index contributed by atoms with van der Waals surface area (Å²) in [6.07, 6.45) is 4.55. The lowest BCUT2D eigenvalue weighted by atomic mass is 9.65. The summed E-state index contributed by atoms with van der Waals surface area (Å²) in [6.45, 7) is 4.10. The molecule has 1 aromatic rings. The standard InChI is InChI=1S/C18H24N2O3/c1-3-5-7-10-13(4-2)18(14-11-8-6-9-12-14)15(21)19-17(23)20-16(18)22/h6,8-9,11-13H,3-5,7,10H2,1-2H3,(H2,19,20,21,22,23). The average Bonchev–Trinajstić information content (AvgIpc) is 2.54. The highest BCUT2D eigenvalue weighted by Gasteiger charge is 2.55. The van der Waals surface area contributed by atoms with Crippen molar-refractivity contribution in [3.8, 4) is 0 Å². The Morgan fingerprint density at radius 3 is 2.09 bits per heavy atom. The minimum absolute atomic E-state index is 0.149. The van der Waals surface area contributed by atoms with E-state index in [4.69, 9.17) is 0 Å². The molecule has 0 radical (unpaired) electrons. The summed E-state index contributed by atoms with van der Waals surface area (Å²) in [5.74, 6) is -1.17. The van der Waals surface area contributed by atoms with Crippen LogP contribution in [-0.4, -0.2) is 17.8 Å². The number of benzene rings is 1. The SMILES string of the molecule is CCCCCC(CC)C1(c2ccccc2)C(=O)NC(=O)NC1=O. The summed E-state index contributed by atoms with van der Waals surface area (Å²) in [5.41, 5.74) is -0.691. The van der Waals surface area contributed by atoms with Crippen LogP contribution in [0.15, 0.2) is 30.3 Å². The first-order valence-electron chi connectivity index (χ1n) is 8.29. The van der Waals surface area contributed by atoms with Gasteiger partial charge in [-0.1, -0.05) is 69.9 Å². The molecule has 0 aromatic heterocycles. The van der Waals surface area contributed by atoms with Crippen LogP contribution in [0.2, 0.25) is 0 Å². The van der Waals surface area contributed by atoms with Crippen molar-refractivity contribution in [2.24, 2.45) is 5.92 Å². The van der Waals surface area contributed by atoms with Crippen LogP contribution in [0.3, 0.4) is 0 Å². The van der Waals surface area contributed by atoms with Crippen LogP contribution in [0, 0.1) is 5.92 Å². The van der Waals surface area contributed by atoms with Gasteiger partial charge < -0.3 is 0 Å². The van der Waals surface area contributed by atoms with Crippen molar-refractivity contribution >= 4 is 17.8 Å². The van der Waals surface area contributed by atoms with Gasteiger partial charge in [0.2, 0.25) is 11.8 Å². The minimum atomic E-state index is -1.34. The third kappa shape index (κ3) is 3.14. The molecule has 0 saturated carbocycles. The lowest BCUT2D eigenvalue weighted by Gasteiger charge is -2.40. The quantitative estimate of drug-likeness (QED) is 0.600. The number of urea groups is 1. The fraction of sp³-hybridized carbons (Fsp3) is 0.500. The molecule has 1 aliphatic heterocycles. The summed E-state index contributed by atoms with van der Waals surface area (Å²) in [5, 5.41) is 4.59. The number of rotatable bonds is 7. The normalized spacial score (nSPS) is 18.3. The number of carbonyl (C=O) groups excluding carboxylic acids is 3. The zero-order chi connectivity index (χ0) is 16.9. The molecule has 0 bridgehead atoms. The first-order chi connectivity index (χ1) is 11.1. The molecular formula is C18H24N2O3. The molecule has 23 heavy (non-hydrogen) atoms. The van der Waals surface area contributed by atoms with Crippen LogP contribution in [0.25, 0.3) is 0 Å². The molecule has 0 aliphatic carbocycles. The van der Waals surface area contributed by atoms with Gasteiger partial charge in [-0.15, -0.1) is 0 Å². The Balaban J connectivity index is 2.48. The van der Waals surface area contributed by atoms with Crippen molar-refractivity contribution in [3.63, 3.8) is 0 Å². The summed E-state index contributed by atoms with van der Waals surface area (Å²) < 4.78 is 0. The van der Waals surface area contributed by atoms with Gasteiger partial charge in [0.05, 0.1) is 0 Å². The third-order valence-corrected chi connectivity index (χ3v) is 4.66. The van der Waals surface area contributed by atoms with E-state index in [0.717, 1.165) is 25.7 Å². The van der Waals surface area contributed by atoms with Gasteiger partial charge in [-0.25, -0.2) is 4.79 Å². The molecular weight excluding hydrogens is 292 g/mol. The van der Waals surface area contributed by atoms with E-state index in [1.807, 2.05) is 25.1 Å². The maximum absolute atomic E-state index is 12.8. The van der Waals surface area contributed by atoms with Gasteiger partial charge in [0.1, 0.15) is 0 Å². The number of hydrogen-bond acceptors (Lipinski definition) is 3. The summed E-state index contributed by atoms with van der Waals surface area (Å²) >= 11 is 0. The molecule has 2 rings (SSSR count). The highest BCUT2D eigenvalue weighted by Crippen LogP contribution is 2.39. The Morgan fingerprint density at radius 1 is 0.957 bits per heavy atom. The van der Waals surface area contributed by atoms with E-state index < -0.39 is 23.3 Å². The number of amides is 4. The predicted octanol–water partition coefficient (Wildman–Crippen LogP) is 2.90. The van der Waals surface area contributed by atoms with Gasteiger partial charge in [-0.05, 0) is 17.9 Å². The van der Waals surface area contributed by atoms with E-state index in [2.05, 4.69) is 17.6 Å². The van der Waals surface area contributed by atoms with Crippen LogP contribution in [-0.2, 0) is 15.0 Å². The molecule has 1 fully saturated rings. The highest BCUT2D eigenvalue weighted by molar-refractivity contribution is 6.23. The Labute approximate surface area is 136 Å². The van der Waals surface area contributed by atoms with Crippen molar-refractivity contribution in [3.05, 3.63) is 35.9 Å². The fourth-order valence-electron chi connectivity index (χ4n) is 3.48. The largest absolute Gasteiger partial charge is 0.328 e. The molecule has 1 unspecified atom stereocenters. The van der Waals surface area contributed by atoms with Gasteiger partial charge in [-0.3, -0.25) is 20.2 Å². The molecule has 4 amide bonds. The van der Waals surface area contributed by atoms with Crippen LogP contribution >= 0.6 is 0 Å². The third-order valence-electron chi connectivity index (χ3n) is 4.66. The van der Waals surface area contributed by atoms with E-state index in [1.54, 1.807) is 12.1 Å². The smallest absolute Gasteiger partial charge is 0.277 e. The van der Waals surface area contributed by atoms with Crippen molar-refractivity contribution in [1.29, 1.82) is 0 Å². The number of unbranched alkanes of at least 4 members (excludes halogenated alkanes) is 2. The topological polar surface area (TPSA) is 75.3 Å². The molecule has 124 valence electrons. The maximum atomic E-state index is 12.8. The monoisotopic (exact) mass is 316 g/mol. The predicted molar refractivity (Wildman–Crippen MR) is 87.7 cm³/mol. The van der Waals surface area contributed by atoms with Crippen LogP contribution in [0.5, 0.6) is 0 Å². The van der Waals surface area contributed by atoms with Crippen LogP contribution < -0.4 is 10.6 Å². The van der Waals surface area contributed by atoms with E-state index in [-0.39, 0.29) is 5.92 Å². The van der Waals surface area contributed by atoms with Crippen molar-refractivity contribution in [1.82, 2.24) is 10.6 Å². The lowest BCUT2D eigenvalue weighted by Crippen LogP contribution is -2.67. The fourth-order valence-corrected chi connectivity index (χ4v) is 3.48. The summed E-state index contributed by atoms with van der Waals surface area (Å²) in [7, 11) is 0. The van der Waals surface area contributed by atoms with E-state index in [9.17, 15) is 14.4 Å². The zero-order valence-corrected chi connectivity index (χ0v) is 13.7.